The van der Waals surface area contributed by atoms with Crippen molar-refractivity contribution in [3.63, 3.8) is 0 Å². The van der Waals surface area contributed by atoms with Gasteiger partial charge in [-0.1, -0.05) is 133 Å². The molecule has 0 aromatic heterocycles. The van der Waals surface area contributed by atoms with E-state index in [2.05, 4.69) is 62.1 Å². The summed E-state index contributed by atoms with van der Waals surface area (Å²) in [5, 5.41) is 1.66. The SMILES string of the molecule is CCCCCCCc1ccc(C#Cc2ccc3cc(CCC4CCC(CCCC)CC4)ccc3c2F)cc1. The molecule has 0 heterocycles. The molecule has 0 N–H and O–H groups in total. The van der Waals surface area contributed by atoms with Crippen LogP contribution < -0.4 is 0 Å². The van der Waals surface area contributed by atoms with E-state index in [-0.39, 0.29) is 5.82 Å². The average Bonchev–Trinajstić information content (AvgIpc) is 2.95. The lowest BCUT2D eigenvalue weighted by atomic mass is 9.78. The van der Waals surface area contributed by atoms with Crippen LogP contribution in [0, 0.1) is 29.5 Å². The minimum Gasteiger partial charge on any atom is -0.205 e. The van der Waals surface area contributed by atoms with Gasteiger partial charge in [0.15, 0.2) is 0 Å². The van der Waals surface area contributed by atoms with Crippen molar-refractivity contribution >= 4 is 10.8 Å². The van der Waals surface area contributed by atoms with Gasteiger partial charge in [0.2, 0.25) is 0 Å². The van der Waals surface area contributed by atoms with Crippen molar-refractivity contribution in [1.82, 2.24) is 0 Å². The van der Waals surface area contributed by atoms with Gasteiger partial charge in [-0.3, -0.25) is 0 Å². The minimum absolute atomic E-state index is 0.198. The lowest BCUT2D eigenvalue weighted by Crippen LogP contribution is -2.15. The van der Waals surface area contributed by atoms with Crippen LogP contribution in [-0.2, 0) is 12.8 Å². The van der Waals surface area contributed by atoms with Crippen molar-refractivity contribution in [1.29, 1.82) is 0 Å². The molecule has 3 aromatic carbocycles. The Morgan fingerprint density at radius 1 is 0.658 bits per heavy atom. The molecule has 1 aliphatic rings. The first-order valence-corrected chi connectivity index (χ1v) is 15.5. The van der Waals surface area contributed by atoms with Crippen molar-refractivity contribution in [2.24, 2.45) is 11.8 Å². The number of hydrogen-bond acceptors (Lipinski definition) is 0. The summed E-state index contributed by atoms with van der Waals surface area (Å²) in [5.41, 5.74) is 4.10. The lowest BCUT2D eigenvalue weighted by molar-refractivity contribution is 0.250. The predicted octanol–water partition coefficient (Wildman–Crippen LogP) is 10.8. The summed E-state index contributed by atoms with van der Waals surface area (Å²) < 4.78 is 15.3. The van der Waals surface area contributed by atoms with Crippen LogP contribution in [0.2, 0.25) is 0 Å². The number of fused-ring (bicyclic) bond motifs is 1. The monoisotopic (exact) mass is 510 g/mol. The molecule has 3 aromatic rings. The van der Waals surface area contributed by atoms with E-state index in [1.54, 1.807) is 0 Å². The standard InChI is InChI=1S/C37H47F/c1-3-5-7-8-9-11-30-14-18-32(19-15-30)22-24-34-25-26-35-28-33(23-27-36(35)37(34)38)21-20-31-16-12-29(13-17-31)10-6-4-2/h14-15,18-19,23,25-29,31H,3-13,16-17,20-21H2,1-2H3. The Labute approximate surface area is 231 Å². The Morgan fingerprint density at radius 2 is 1.34 bits per heavy atom. The van der Waals surface area contributed by atoms with Gasteiger partial charge in [0.25, 0.3) is 0 Å². The van der Waals surface area contributed by atoms with E-state index in [0.29, 0.717) is 10.9 Å². The molecule has 0 spiro atoms. The number of halogens is 1. The minimum atomic E-state index is -0.198. The topological polar surface area (TPSA) is 0 Å². The van der Waals surface area contributed by atoms with Crippen LogP contribution in [0.4, 0.5) is 4.39 Å². The van der Waals surface area contributed by atoms with Gasteiger partial charge in [-0.2, -0.15) is 0 Å². The largest absolute Gasteiger partial charge is 0.205 e. The summed E-state index contributed by atoms with van der Waals surface area (Å²) in [6, 6.07) is 18.6. The maximum absolute atomic E-state index is 15.3. The molecule has 0 saturated heterocycles. The van der Waals surface area contributed by atoms with Gasteiger partial charge in [-0.05, 0) is 72.2 Å². The summed E-state index contributed by atoms with van der Waals surface area (Å²) in [4.78, 5) is 0. The summed E-state index contributed by atoms with van der Waals surface area (Å²) in [6.07, 6.45) is 19.7. The van der Waals surface area contributed by atoms with Crippen molar-refractivity contribution in [3.8, 4) is 11.8 Å². The molecule has 0 nitrogen and oxygen atoms in total. The lowest BCUT2D eigenvalue weighted by Gasteiger charge is -2.28. The molecule has 0 radical (unpaired) electrons. The molecule has 1 heteroatoms. The van der Waals surface area contributed by atoms with E-state index in [1.165, 1.54) is 94.6 Å². The highest BCUT2D eigenvalue weighted by Gasteiger charge is 2.20. The molecule has 1 fully saturated rings. The molecule has 0 unspecified atom stereocenters. The van der Waals surface area contributed by atoms with E-state index in [0.717, 1.165) is 35.6 Å². The second kappa shape index (κ2) is 15.1. The van der Waals surface area contributed by atoms with Crippen LogP contribution in [0.5, 0.6) is 0 Å². The van der Waals surface area contributed by atoms with E-state index in [9.17, 15) is 0 Å². The first-order valence-electron chi connectivity index (χ1n) is 15.5. The summed E-state index contributed by atoms with van der Waals surface area (Å²) in [5.74, 6) is 7.88. The van der Waals surface area contributed by atoms with Gasteiger partial charge >= 0.3 is 0 Å². The van der Waals surface area contributed by atoms with E-state index >= 15 is 4.39 Å². The first kappa shape index (κ1) is 28.4. The summed E-state index contributed by atoms with van der Waals surface area (Å²) >= 11 is 0. The normalized spacial score (nSPS) is 17.3. The van der Waals surface area contributed by atoms with Gasteiger partial charge in [-0.25, -0.2) is 4.39 Å². The highest BCUT2D eigenvalue weighted by atomic mass is 19.1. The Hall–Kier alpha value is -2.59. The molecule has 202 valence electrons. The second-order valence-corrected chi connectivity index (χ2v) is 11.7. The molecule has 0 amide bonds. The molecule has 0 bridgehead atoms. The fourth-order valence-electron chi connectivity index (χ4n) is 6.09. The molecule has 0 atom stereocenters. The molecular formula is C37H47F. The fourth-order valence-corrected chi connectivity index (χ4v) is 6.09. The van der Waals surface area contributed by atoms with Crippen LogP contribution in [-0.4, -0.2) is 0 Å². The van der Waals surface area contributed by atoms with Crippen molar-refractivity contribution in [3.05, 3.63) is 82.7 Å². The highest BCUT2D eigenvalue weighted by Crippen LogP contribution is 2.34. The molecule has 1 saturated carbocycles. The Morgan fingerprint density at radius 3 is 2.08 bits per heavy atom. The number of aryl methyl sites for hydroxylation is 2. The third-order valence-corrected chi connectivity index (χ3v) is 8.66. The molecule has 4 rings (SSSR count). The van der Waals surface area contributed by atoms with Crippen molar-refractivity contribution < 1.29 is 4.39 Å². The van der Waals surface area contributed by atoms with Gasteiger partial charge in [0.05, 0.1) is 5.56 Å². The molecule has 1 aliphatic carbocycles. The molecular weight excluding hydrogens is 463 g/mol. The molecule has 0 aliphatic heterocycles. The smallest absolute Gasteiger partial charge is 0.146 e. The maximum Gasteiger partial charge on any atom is 0.146 e. The van der Waals surface area contributed by atoms with Crippen molar-refractivity contribution in [2.45, 2.75) is 110 Å². The summed E-state index contributed by atoms with van der Waals surface area (Å²) in [7, 11) is 0. The van der Waals surface area contributed by atoms with Crippen LogP contribution in [0.15, 0.2) is 54.6 Å². The third kappa shape index (κ3) is 8.46. The maximum atomic E-state index is 15.3. The van der Waals surface area contributed by atoms with E-state index < -0.39 is 0 Å². The average molecular weight is 511 g/mol. The fraction of sp³-hybridized carbons (Fsp3) is 0.514. The van der Waals surface area contributed by atoms with Crippen molar-refractivity contribution in [2.75, 3.05) is 0 Å². The Balaban J connectivity index is 1.31. The zero-order valence-corrected chi connectivity index (χ0v) is 23.8. The van der Waals surface area contributed by atoms with Gasteiger partial charge in [-0.15, -0.1) is 0 Å². The van der Waals surface area contributed by atoms with Crippen LogP contribution in [0.1, 0.15) is 120 Å². The number of hydrogen-bond donors (Lipinski definition) is 0. The van der Waals surface area contributed by atoms with Gasteiger partial charge < -0.3 is 0 Å². The van der Waals surface area contributed by atoms with E-state index in [4.69, 9.17) is 0 Å². The highest BCUT2D eigenvalue weighted by molar-refractivity contribution is 5.85. The van der Waals surface area contributed by atoms with Crippen LogP contribution in [0.25, 0.3) is 10.8 Å². The number of benzene rings is 3. The quantitative estimate of drug-likeness (QED) is 0.168. The first-order chi connectivity index (χ1) is 18.7. The van der Waals surface area contributed by atoms with Crippen LogP contribution in [0.3, 0.4) is 0 Å². The van der Waals surface area contributed by atoms with Crippen LogP contribution >= 0.6 is 0 Å². The second-order valence-electron chi connectivity index (χ2n) is 11.7. The Kier molecular flexibility index (Phi) is 11.3. The number of unbranched alkanes of at least 4 members (excludes halogenated alkanes) is 5. The summed E-state index contributed by atoms with van der Waals surface area (Å²) in [6.45, 7) is 4.55. The van der Waals surface area contributed by atoms with Gasteiger partial charge in [0, 0.05) is 10.9 Å². The third-order valence-electron chi connectivity index (χ3n) is 8.66. The zero-order valence-electron chi connectivity index (χ0n) is 23.8. The number of rotatable bonds is 12. The Bertz CT molecular complexity index is 1190. The zero-order chi connectivity index (χ0) is 26.6. The van der Waals surface area contributed by atoms with Gasteiger partial charge in [0.1, 0.15) is 5.82 Å². The predicted molar refractivity (Wildman–Crippen MR) is 162 cm³/mol. The van der Waals surface area contributed by atoms with E-state index in [1.807, 2.05) is 18.2 Å². The molecule has 38 heavy (non-hydrogen) atoms.